The van der Waals surface area contributed by atoms with E-state index in [2.05, 4.69) is 9.99 Å². The van der Waals surface area contributed by atoms with E-state index in [-0.39, 0.29) is 6.04 Å². The van der Waals surface area contributed by atoms with E-state index in [1.807, 2.05) is 0 Å². The van der Waals surface area contributed by atoms with Crippen LogP contribution in [-0.4, -0.2) is 18.9 Å². The number of hydrogen-bond acceptors (Lipinski definition) is 3. The Morgan fingerprint density at radius 2 is 2.40 bits per heavy atom. The van der Waals surface area contributed by atoms with Gasteiger partial charge < -0.3 is 10.6 Å². The van der Waals surface area contributed by atoms with Gasteiger partial charge in [0.15, 0.2) is 0 Å². The molecule has 0 aromatic carbocycles. The minimum absolute atomic E-state index is 0.147. The SMILES string of the molecule is CO/N=C1/CCCC[C@H]1N. The molecule has 1 aliphatic rings. The van der Waals surface area contributed by atoms with E-state index in [1.54, 1.807) is 7.11 Å². The largest absolute Gasteiger partial charge is 0.399 e. The highest BCUT2D eigenvalue weighted by Crippen LogP contribution is 2.13. The Balaban J connectivity index is 2.47. The molecule has 0 saturated heterocycles. The predicted octanol–water partition coefficient (Wildman–Crippen LogP) is 0.890. The van der Waals surface area contributed by atoms with Gasteiger partial charge in [0.2, 0.25) is 0 Å². The molecule has 3 heteroatoms. The molecule has 0 aliphatic heterocycles. The van der Waals surface area contributed by atoms with E-state index in [1.165, 1.54) is 12.8 Å². The Bertz CT molecular complexity index is 134. The molecule has 0 heterocycles. The second-order valence-electron chi connectivity index (χ2n) is 2.62. The van der Waals surface area contributed by atoms with Crippen molar-refractivity contribution in [2.45, 2.75) is 31.7 Å². The summed E-state index contributed by atoms with van der Waals surface area (Å²) in [5.74, 6) is 0. The van der Waals surface area contributed by atoms with Gasteiger partial charge in [0, 0.05) is 6.04 Å². The van der Waals surface area contributed by atoms with Crippen molar-refractivity contribution >= 4 is 5.71 Å². The highest BCUT2D eigenvalue weighted by atomic mass is 16.6. The van der Waals surface area contributed by atoms with Crippen molar-refractivity contribution in [3.05, 3.63) is 0 Å². The summed E-state index contributed by atoms with van der Waals surface area (Å²) in [6.07, 6.45) is 4.50. The summed E-state index contributed by atoms with van der Waals surface area (Å²) in [4.78, 5) is 4.66. The van der Waals surface area contributed by atoms with Crippen LogP contribution in [0.1, 0.15) is 25.7 Å². The first kappa shape index (κ1) is 7.54. The monoisotopic (exact) mass is 142 g/mol. The molecule has 0 spiro atoms. The molecule has 0 aromatic heterocycles. The fraction of sp³-hybridized carbons (Fsp3) is 0.857. The Morgan fingerprint density at radius 3 is 3.00 bits per heavy atom. The predicted molar refractivity (Wildman–Crippen MR) is 40.9 cm³/mol. The lowest BCUT2D eigenvalue weighted by molar-refractivity contribution is 0.210. The molecule has 1 atom stereocenters. The van der Waals surface area contributed by atoms with Gasteiger partial charge in [-0.3, -0.25) is 0 Å². The number of nitrogens with zero attached hydrogens (tertiary/aromatic N) is 1. The molecule has 0 bridgehead atoms. The minimum Gasteiger partial charge on any atom is -0.399 e. The van der Waals surface area contributed by atoms with Crippen LogP contribution in [0.3, 0.4) is 0 Å². The molecule has 2 N–H and O–H groups in total. The molecule has 1 fully saturated rings. The third-order valence-corrected chi connectivity index (χ3v) is 1.83. The van der Waals surface area contributed by atoms with Crippen molar-refractivity contribution in [1.29, 1.82) is 0 Å². The zero-order valence-electron chi connectivity index (χ0n) is 6.34. The maximum atomic E-state index is 5.75. The highest BCUT2D eigenvalue weighted by Gasteiger charge is 2.16. The van der Waals surface area contributed by atoms with Gasteiger partial charge >= 0.3 is 0 Å². The minimum atomic E-state index is 0.147. The fourth-order valence-corrected chi connectivity index (χ4v) is 1.25. The molecule has 58 valence electrons. The van der Waals surface area contributed by atoms with Crippen LogP contribution in [0.2, 0.25) is 0 Å². The molecule has 10 heavy (non-hydrogen) atoms. The van der Waals surface area contributed by atoms with Crippen molar-refractivity contribution in [2.24, 2.45) is 10.9 Å². The van der Waals surface area contributed by atoms with Gasteiger partial charge in [0.25, 0.3) is 0 Å². The number of hydrogen-bond donors (Lipinski definition) is 1. The van der Waals surface area contributed by atoms with Crippen LogP contribution in [0, 0.1) is 0 Å². The summed E-state index contributed by atoms with van der Waals surface area (Å²) >= 11 is 0. The van der Waals surface area contributed by atoms with E-state index in [9.17, 15) is 0 Å². The van der Waals surface area contributed by atoms with E-state index in [4.69, 9.17) is 5.73 Å². The van der Waals surface area contributed by atoms with Crippen molar-refractivity contribution < 1.29 is 4.84 Å². The van der Waals surface area contributed by atoms with Crippen LogP contribution < -0.4 is 5.73 Å². The van der Waals surface area contributed by atoms with Gasteiger partial charge in [-0.05, 0) is 19.3 Å². The van der Waals surface area contributed by atoms with Crippen LogP contribution in [0.5, 0.6) is 0 Å². The quantitative estimate of drug-likeness (QED) is 0.553. The van der Waals surface area contributed by atoms with Gasteiger partial charge in [-0.15, -0.1) is 0 Å². The van der Waals surface area contributed by atoms with E-state index in [0.29, 0.717) is 0 Å². The average Bonchev–Trinajstić information content (AvgIpc) is 1.94. The molecular weight excluding hydrogens is 128 g/mol. The summed E-state index contributed by atoms with van der Waals surface area (Å²) in [6, 6.07) is 0.147. The fourth-order valence-electron chi connectivity index (χ4n) is 1.25. The number of nitrogens with two attached hydrogens (primary N) is 1. The summed E-state index contributed by atoms with van der Waals surface area (Å²) in [5.41, 5.74) is 6.78. The maximum absolute atomic E-state index is 5.75. The zero-order chi connectivity index (χ0) is 7.40. The summed E-state index contributed by atoms with van der Waals surface area (Å²) < 4.78 is 0. The normalized spacial score (nSPS) is 30.6. The van der Waals surface area contributed by atoms with Crippen LogP contribution in [0.25, 0.3) is 0 Å². The van der Waals surface area contributed by atoms with Crippen molar-refractivity contribution in [3.63, 3.8) is 0 Å². The molecule has 3 nitrogen and oxygen atoms in total. The third-order valence-electron chi connectivity index (χ3n) is 1.83. The second-order valence-corrected chi connectivity index (χ2v) is 2.62. The molecule has 1 rings (SSSR count). The summed E-state index contributed by atoms with van der Waals surface area (Å²) in [6.45, 7) is 0. The van der Waals surface area contributed by atoms with Crippen molar-refractivity contribution in [1.82, 2.24) is 0 Å². The topological polar surface area (TPSA) is 47.6 Å². The van der Waals surface area contributed by atoms with Gasteiger partial charge in [-0.25, -0.2) is 0 Å². The lowest BCUT2D eigenvalue weighted by atomic mass is 9.94. The maximum Gasteiger partial charge on any atom is 0.106 e. The Kier molecular flexibility index (Phi) is 2.68. The zero-order valence-corrected chi connectivity index (χ0v) is 6.34. The lowest BCUT2D eigenvalue weighted by Crippen LogP contribution is -2.33. The van der Waals surface area contributed by atoms with E-state index >= 15 is 0 Å². The third kappa shape index (κ3) is 1.70. The average molecular weight is 142 g/mol. The molecular formula is C7H14N2O. The number of oxime groups is 1. The van der Waals surface area contributed by atoms with Crippen LogP contribution in [0.4, 0.5) is 0 Å². The molecule has 0 amide bonds. The van der Waals surface area contributed by atoms with Crippen molar-refractivity contribution in [2.75, 3.05) is 7.11 Å². The van der Waals surface area contributed by atoms with Crippen LogP contribution in [-0.2, 0) is 4.84 Å². The first-order valence-corrected chi connectivity index (χ1v) is 3.70. The Labute approximate surface area is 61.2 Å². The molecule has 0 unspecified atom stereocenters. The lowest BCUT2D eigenvalue weighted by Gasteiger charge is -2.18. The highest BCUT2D eigenvalue weighted by molar-refractivity contribution is 5.89. The first-order valence-electron chi connectivity index (χ1n) is 3.70. The van der Waals surface area contributed by atoms with E-state index < -0.39 is 0 Å². The molecule has 1 saturated carbocycles. The molecule has 0 aromatic rings. The van der Waals surface area contributed by atoms with Gasteiger partial charge in [-0.2, -0.15) is 0 Å². The molecule has 0 radical (unpaired) electrons. The standard InChI is InChI=1S/C7H14N2O/c1-10-9-7-5-3-2-4-6(7)8/h6H,2-5,8H2,1H3/b9-7-/t6-/m1/s1. The van der Waals surface area contributed by atoms with Crippen LogP contribution >= 0.6 is 0 Å². The first-order chi connectivity index (χ1) is 4.84. The molecule has 1 aliphatic carbocycles. The summed E-state index contributed by atoms with van der Waals surface area (Å²) in [7, 11) is 1.56. The Hall–Kier alpha value is -0.570. The second kappa shape index (κ2) is 3.56. The van der Waals surface area contributed by atoms with Crippen LogP contribution in [0.15, 0.2) is 5.16 Å². The van der Waals surface area contributed by atoms with E-state index in [0.717, 1.165) is 18.6 Å². The Morgan fingerprint density at radius 1 is 1.60 bits per heavy atom. The van der Waals surface area contributed by atoms with Gasteiger partial charge in [-0.1, -0.05) is 11.6 Å². The summed E-state index contributed by atoms with van der Waals surface area (Å²) in [5, 5.41) is 3.86. The number of rotatable bonds is 1. The van der Waals surface area contributed by atoms with Gasteiger partial charge in [0.1, 0.15) is 7.11 Å². The van der Waals surface area contributed by atoms with Gasteiger partial charge in [0.05, 0.1) is 5.71 Å². The smallest absolute Gasteiger partial charge is 0.106 e. The van der Waals surface area contributed by atoms with Crippen molar-refractivity contribution in [3.8, 4) is 0 Å².